The average molecular weight is 310 g/mol. The zero-order chi connectivity index (χ0) is 15.2. The van der Waals surface area contributed by atoms with Gasteiger partial charge in [0, 0.05) is 23.5 Å². The van der Waals surface area contributed by atoms with Crippen LogP contribution in [0.15, 0.2) is 72.0 Å². The highest BCUT2D eigenvalue weighted by molar-refractivity contribution is 8.00. The quantitative estimate of drug-likeness (QED) is 0.736. The largest absolute Gasteiger partial charge is 0.322 e. The third kappa shape index (κ3) is 3.53. The molecule has 0 atom stereocenters. The van der Waals surface area contributed by atoms with Crippen LogP contribution in [-0.4, -0.2) is 26.4 Å². The van der Waals surface area contributed by atoms with E-state index in [1.807, 2.05) is 42.5 Å². The highest BCUT2D eigenvalue weighted by atomic mass is 32.2. The third-order valence-electron chi connectivity index (χ3n) is 2.90. The summed E-state index contributed by atoms with van der Waals surface area (Å²) >= 11 is 1.50. The molecule has 110 valence electrons. The minimum absolute atomic E-state index is 0.0738. The molecular weight excluding hydrogens is 296 g/mol. The number of benzene rings is 1. The molecule has 0 radical (unpaired) electrons. The summed E-state index contributed by atoms with van der Waals surface area (Å²) in [6.07, 6.45) is 5.13. The van der Waals surface area contributed by atoms with Gasteiger partial charge in [-0.2, -0.15) is 5.10 Å². The summed E-state index contributed by atoms with van der Waals surface area (Å²) in [6.45, 7) is 0. The number of anilines is 1. The van der Waals surface area contributed by atoms with Crippen molar-refractivity contribution < 1.29 is 4.79 Å². The first kappa shape index (κ1) is 14.3. The van der Waals surface area contributed by atoms with E-state index >= 15 is 0 Å². The molecule has 2 heterocycles. The molecule has 5 nitrogen and oxygen atoms in total. The first-order chi connectivity index (χ1) is 10.8. The van der Waals surface area contributed by atoms with E-state index in [2.05, 4.69) is 15.4 Å². The van der Waals surface area contributed by atoms with Crippen LogP contribution in [0, 0.1) is 0 Å². The highest BCUT2D eigenvalue weighted by Crippen LogP contribution is 2.19. The smallest absolute Gasteiger partial charge is 0.234 e. The number of amides is 1. The molecule has 6 heteroatoms. The highest BCUT2D eigenvalue weighted by Gasteiger charge is 2.09. The van der Waals surface area contributed by atoms with Crippen molar-refractivity contribution in [1.29, 1.82) is 0 Å². The molecular formula is C16H14N4OS. The van der Waals surface area contributed by atoms with Crippen molar-refractivity contribution >= 4 is 23.4 Å². The molecule has 0 aliphatic heterocycles. The van der Waals surface area contributed by atoms with Crippen LogP contribution in [0.1, 0.15) is 0 Å². The van der Waals surface area contributed by atoms with Gasteiger partial charge in [-0.05, 0) is 30.3 Å². The third-order valence-corrected chi connectivity index (χ3v) is 3.91. The molecule has 0 fully saturated rings. The van der Waals surface area contributed by atoms with E-state index in [9.17, 15) is 4.79 Å². The SMILES string of the molecule is O=C(CSc1ccccc1)Nc1cccnc1-n1cccn1. The minimum Gasteiger partial charge on any atom is -0.322 e. The number of nitrogens with zero attached hydrogens (tertiary/aromatic N) is 3. The number of aromatic nitrogens is 3. The number of hydrogen-bond donors (Lipinski definition) is 1. The Bertz CT molecular complexity index is 744. The van der Waals surface area contributed by atoms with E-state index < -0.39 is 0 Å². The molecule has 3 aromatic rings. The monoisotopic (exact) mass is 310 g/mol. The Hall–Kier alpha value is -2.60. The Balaban J connectivity index is 1.67. The molecule has 3 rings (SSSR count). The fourth-order valence-electron chi connectivity index (χ4n) is 1.92. The number of carbonyl (C=O) groups is 1. The number of carbonyl (C=O) groups excluding carboxylic acids is 1. The van der Waals surface area contributed by atoms with Gasteiger partial charge in [-0.15, -0.1) is 11.8 Å². The molecule has 1 aromatic carbocycles. The second-order valence-electron chi connectivity index (χ2n) is 4.48. The lowest BCUT2D eigenvalue weighted by Gasteiger charge is -2.09. The predicted molar refractivity (Wildman–Crippen MR) is 87.2 cm³/mol. The Morgan fingerprint density at radius 1 is 1.09 bits per heavy atom. The summed E-state index contributed by atoms with van der Waals surface area (Å²) in [6, 6.07) is 15.2. The average Bonchev–Trinajstić information content (AvgIpc) is 3.09. The lowest BCUT2D eigenvalue weighted by molar-refractivity contribution is -0.113. The Morgan fingerprint density at radius 3 is 2.73 bits per heavy atom. The number of nitrogens with one attached hydrogen (secondary N) is 1. The zero-order valence-corrected chi connectivity index (χ0v) is 12.5. The number of rotatable bonds is 5. The van der Waals surface area contributed by atoms with E-state index in [0.717, 1.165) is 4.90 Å². The number of hydrogen-bond acceptors (Lipinski definition) is 4. The predicted octanol–water partition coefficient (Wildman–Crippen LogP) is 3.00. The van der Waals surface area contributed by atoms with E-state index in [0.29, 0.717) is 17.3 Å². The molecule has 0 aliphatic rings. The molecule has 0 spiro atoms. The van der Waals surface area contributed by atoms with Crippen LogP contribution in [0.25, 0.3) is 5.82 Å². The van der Waals surface area contributed by atoms with Gasteiger partial charge in [-0.1, -0.05) is 18.2 Å². The van der Waals surface area contributed by atoms with Gasteiger partial charge < -0.3 is 5.32 Å². The molecule has 1 amide bonds. The molecule has 2 aromatic heterocycles. The van der Waals surface area contributed by atoms with Gasteiger partial charge in [0.25, 0.3) is 0 Å². The normalized spacial score (nSPS) is 10.4. The number of pyridine rings is 1. The van der Waals surface area contributed by atoms with Gasteiger partial charge in [0.2, 0.25) is 5.91 Å². The van der Waals surface area contributed by atoms with Gasteiger partial charge >= 0.3 is 0 Å². The topological polar surface area (TPSA) is 59.8 Å². The van der Waals surface area contributed by atoms with E-state index in [4.69, 9.17) is 0 Å². The molecule has 0 aliphatic carbocycles. The van der Waals surface area contributed by atoms with Crippen molar-refractivity contribution in [3.63, 3.8) is 0 Å². The van der Waals surface area contributed by atoms with E-state index in [1.165, 1.54) is 11.8 Å². The molecule has 1 N–H and O–H groups in total. The van der Waals surface area contributed by atoms with Gasteiger partial charge in [0.15, 0.2) is 5.82 Å². The molecule has 0 saturated heterocycles. The van der Waals surface area contributed by atoms with Crippen molar-refractivity contribution in [2.24, 2.45) is 0 Å². The second-order valence-corrected chi connectivity index (χ2v) is 5.52. The van der Waals surface area contributed by atoms with Crippen LogP contribution in [0.5, 0.6) is 0 Å². The summed E-state index contributed by atoms with van der Waals surface area (Å²) < 4.78 is 1.62. The maximum atomic E-state index is 12.1. The maximum Gasteiger partial charge on any atom is 0.234 e. The van der Waals surface area contributed by atoms with E-state index in [1.54, 1.807) is 29.3 Å². The summed E-state index contributed by atoms with van der Waals surface area (Å²) in [5.41, 5.74) is 0.643. The van der Waals surface area contributed by atoms with Crippen LogP contribution in [0.2, 0.25) is 0 Å². The van der Waals surface area contributed by atoms with Crippen LogP contribution >= 0.6 is 11.8 Å². The van der Waals surface area contributed by atoms with Gasteiger partial charge in [-0.3, -0.25) is 4.79 Å². The van der Waals surface area contributed by atoms with Crippen LogP contribution in [0.3, 0.4) is 0 Å². The van der Waals surface area contributed by atoms with Crippen LogP contribution in [0.4, 0.5) is 5.69 Å². The van der Waals surface area contributed by atoms with Crippen LogP contribution in [-0.2, 0) is 4.79 Å². The molecule has 0 saturated carbocycles. The van der Waals surface area contributed by atoms with Gasteiger partial charge in [0.1, 0.15) is 0 Å². The number of thioether (sulfide) groups is 1. The molecule has 0 bridgehead atoms. The van der Waals surface area contributed by atoms with Crippen molar-refractivity contribution in [1.82, 2.24) is 14.8 Å². The van der Waals surface area contributed by atoms with Crippen LogP contribution < -0.4 is 5.32 Å². The first-order valence-corrected chi connectivity index (χ1v) is 7.74. The summed E-state index contributed by atoms with van der Waals surface area (Å²) in [5.74, 6) is 0.873. The standard InChI is InChI=1S/C16H14N4OS/c21-15(12-22-13-6-2-1-3-7-13)19-14-8-4-9-17-16(14)20-11-5-10-18-20/h1-11H,12H2,(H,19,21). The molecule has 0 unspecified atom stereocenters. The minimum atomic E-state index is -0.0738. The first-order valence-electron chi connectivity index (χ1n) is 6.75. The Kier molecular flexibility index (Phi) is 4.50. The molecule has 22 heavy (non-hydrogen) atoms. The maximum absolute atomic E-state index is 12.1. The fourth-order valence-corrected chi connectivity index (χ4v) is 2.64. The van der Waals surface area contributed by atoms with Crippen molar-refractivity contribution in [3.8, 4) is 5.82 Å². The van der Waals surface area contributed by atoms with E-state index in [-0.39, 0.29) is 5.91 Å². The van der Waals surface area contributed by atoms with Crippen molar-refractivity contribution in [2.45, 2.75) is 4.90 Å². The summed E-state index contributed by atoms with van der Waals surface area (Å²) in [4.78, 5) is 17.5. The zero-order valence-electron chi connectivity index (χ0n) is 11.7. The lowest BCUT2D eigenvalue weighted by atomic mass is 10.3. The fraction of sp³-hybridized carbons (Fsp3) is 0.0625. The lowest BCUT2D eigenvalue weighted by Crippen LogP contribution is -2.16. The van der Waals surface area contributed by atoms with Gasteiger partial charge in [-0.25, -0.2) is 9.67 Å². The Labute approximate surface area is 132 Å². The van der Waals surface area contributed by atoms with Crippen molar-refractivity contribution in [3.05, 3.63) is 67.1 Å². The van der Waals surface area contributed by atoms with Crippen molar-refractivity contribution in [2.75, 3.05) is 11.1 Å². The second kappa shape index (κ2) is 6.91. The summed E-state index contributed by atoms with van der Waals surface area (Å²) in [7, 11) is 0. The Morgan fingerprint density at radius 2 is 1.95 bits per heavy atom. The summed E-state index contributed by atoms with van der Waals surface area (Å²) in [5, 5.41) is 7.03. The van der Waals surface area contributed by atoms with Gasteiger partial charge in [0.05, 0.1) is 11.4 Å².